The van der Waals surface area contributed by atoms with Crippen molar-refractivity contribution in [1.82, 2.24) is 5.43 Å². The van der Waals surface area contributed by atoms with E-state index in [2.05, 4.69) is 22.7 Å². The van der Waals surface area contributed by atoms with Crippen molar-refractivity contribution in [1.29, 1.82) is 5.41 Å². The molecular formula is C7H12N4O3S. The Kier molecular flexibility index (Phi) is 6.14. The summed E-state index contributed by atoms with van der Waals surface area (Å²) >= 11 is 4.51. The first-order valence-electron chi connectivity index (χ1n) is 3.81. The molecule has 0 rings (SSSR count). The maximum absolute atomic E-state index is 11.2. The first kappa shape index (κ1) is 13.5. The summed E-state index contributed by atoms with van der Waals surface area (Å²) in [4.78, 5) is 11.2. The molecule has 0 saturated heterocycles. The van der Waals surface area contributed by atoms with Crippen LogP contribution >= 0.6 is 12.2 Å². The molecule has 0 aliphatic carbocycles. The third-order valence-corrected chi connectivity index (χ3v) is 1.44. The third-order valence-electron chi connectivity index (χ3n) is 1.35. The van der Waals surface area contributed by atoms with Crippen LogP contribution < -0.4 is 11.2 Å². The minimum Gasteiger partial charge on any atom is -0.481 e. The zero-order valence-corrected chi connectivity index (χ0v) is 9.13. The number of Topliss-reactive ketones (excluding diaryl/α,β-unsaturated/α-hetero) is 1. The van der Waals surface area contributed by atoms with Crippen LogP contribution in [0.2, 0.25) is 0 Å². The smallest absolute Gasteiger partial charge is 0.243 e. The van der Waals surface area contributed by atoms with E-state index >= 15 is 0 Å². The van der Waals surface area contributed by atoms with Gasteiger partial charge in [0.05, 0.1) is 13.3 Å². The van der Waals surface area contributed by atoms with Gasteiger partial charge in [0.1, 0.15) is 0 Å². The van der Waals surface area contributed by atoms with E-state index in [0.717, 1.165) is 0 Å². The molecule has 0 radical (unpaired) electrons. The molecule has 15 heavy (non-hydrogen) atoms. The van der Waals surface area contributed by atoms with Crippen LogP contribution in [0.5, 0.6) is 0 Å². The van der Waals surface area contributed by atoms with Gasteiger partial charge in [-0.3, -0.25) is 10.2 Å². The van der Waals surface area contributed by atoms with Crippen molar-refractivity contribution < 1.29 is 14.3 Å². The normalized spacial score (nSPS) is 12.8. The minimum atomic E-state index is -1.07. The summed E-state index contributed by atoms with van der Waals surface area (Å²) < 4.78 is 9.61. The second-order valence-corrected chi connectivity index (χ2v) is 2.73. The Balaban J connectivity index is 4.74. The molecule has 84 valence electrons. The Hall–Kier alpha value is -1.54. The Morgan fingerprint density at radius 1 is 1.67 bits per heavy atom. The number of nitrogens with zero attached hydrogens (tertiary/aromatic N) is 1. The lowest BCUT2D eigenvalue weighted by Gasteiger charge is -2.13. The number of ketones is 1. The number of hydrogen-bond donors (Lipinski definition) is 3. The van der Waals surface area contributed by atoms with Gasteiger partial charge in [-0.2, -0.15) is 0 Å². The highest BCUT2D eigenvalue weighted by Gasteiger charge is 2.23. The number of carbonyl (C=O) groups excluding carboxylic acids is 1. The summed E-state index contributed by atoms with van der Waals surface area (Å²) in [5.41, 5.74) is 7.39. The maximum Gasteiger partial charge on any atom is 0.243 e. The summed E-state index contributed by atoms with van der Waals surface area (Å²) in [7, 11) is 2.60. The lowest BCUT2D eigenvalue weighted by molar-refractivity contribution is -0.119. The van der Waals surface area contributed by atoms with Crippen LogP contribution in [0.3, 0.4) is 0 Å². The fourth-order valence-corrected chi connectivity index (χ4v) is 0.782. The van der Waals surface area contributed by atoms with Gasteiger partial charge in [-0.05, 0) is 12.2 Å². The van der Waals surface area contributed by atoms with Gasteiger partial charge in [-0.1, -0.05) is 0 Å². The first-order chi connectivity index (χ1) is 7.06. The number of hydrazone groups is 1. The molecule has 1 atom stereocenters. The number of nitrogens with one attached hydrogen (secondary N) is 2. The molecule has 0 amide bonds. The maximum atomic E-state index is 11.2. The zero-order chi connectivity index (χ0) is 11.8. The van der Waals surface area contributed by atoms with Crippen molar-refractivity contribution in [3.05, 3.63) is 0 Å². The van der Waals surface area contributed by atoms with E-state index in [4.69, 9.17) is 20.6 Å². The van der Waals surface area contributed by atoms with E-state index in [0.29, 0.717) is 6.21 Å². The summed E-state index contributed by atoms with van der Waals surface area (Å²) in [6, 6.07) is 0. The van der Waals surface area contributed by atoms with E-state index < -0.39 is 11.9 Å². The quantitative estimate of drug-likeness (QED) is 0.243. The second-order valence-electron chi connectivity index (χ2n) is 2.29. The Labute approximate surface area is 92.1 Å². The van der Waals surface area contributed by atoms with Crippen molar-refractivity contribution in [3.63, 3.8) is 0 Å². The predicted molar refractivity (Wildman–Crippen MR) is 59.0 cm³/mol. The van der Waals surface area contributed by atoms with Gasteiger partial charge in [-0.25, -0.2) is 0 Å². The fraction of sp³-hybridized carbons (Fsp3) is 0.429. The van der Waals surface area contributed by atoms with Crippen molar-refractivity contribution in [2.75, 3.05) is 14.2 Å². The SMILES string of the molecule is COC(=NNC(N)=S)C(OC)C(=O)C=N. The highest BCUT2D eigenvalue weighted by Crippen LogP contribution is 1.96. The van der Waals surface area contributed by atoms with E-state index in [-0.39, 0.29) is 11.0 Å². The van der Waals surface area contributed by atoms with Gasteiger partial charge < -0.3 is 20.6 Å². The number of rotatable bonds is 5. The largest absolute Gasteiger partial charge is 0.481 e. The molecule has 0 aromatic heterocycles. The molecule has 0 spiro atoms. The first-order valence-corrected chi connectivity index (χ1v) is 4.21. The molecule has 0 saturated carbocycles. The summed E-state index contributed by atoms with van der Waals surface area (Å²) in [5, 5.41) is 10.3. The summed E-state index contributed by atoms with van der Waals surface area (Å²) in [5.74, 6) is -0.651. The van der Waals surface area contributed by atoms with Gasteiger partial charge in [0, 0.05) is 7.11 Å². The van der Waals surface area contributed by atoms with Crippen LogP contribution in [0.25, 0.3) is 0 Å². The van der Waals surface area contributed by atoms with Crippen molar-refractivity contribution in [3.8, 4) is 0 Å². The van der Waals surface area contributed by atoms with E-state index in [1.807, 2.05) is 0 Å². The van der Waals surface area contributed by atoms with Crippen molar-refractivity contribution in [2.24, 2.45) is 10.8 Å². The number of ether oxygens (including phenoxy) is 2. The lowest BCUT2D eigenvalue weighted by atomic mass is 10.2. The Morgan fingerprint density at radius 3 is 2.60 bits per heavy atom. The summed E-state index contributed by atoms with van der Waals surface area (Å²) in [6.07, 6.45) is -0.460. The van der Waals surface area contributed by atoms with E-state index in [1.165, 1.54) is 14.2 Å². The highest BCUT2D eigenvalue weighted by molar-refractivity contribution is 7.80. The second kappa shape index (κ2) is 6.85. The molecule has 0 heterocycles. The molecule has 0 aliphatic rings. The standard InChI is InChI=1S/C7H12N4O3S/c1-13-5(4(12)3-8)6(14-2)10-11-7(9)15/h3,5,8H,1-2H3,(H3,9,11,15). The monoisotopic (exact) mass is 232 g/mol. The fourth-order valence-electron chi connectivity index (χ4n) is 0.736. The molecule has 8 heteroatoms. The average Bonchev–Trinajstić information content (AvgIpc) is 2.22. The van der Waals surface area contributed by atoms with Crippen LogP contribution in [0.15, 0.2) is 5.10 Å². The Morgan fingerprint density at radius 2 is 2.27 bits per heavy atom. The lowest BCUT2D eigenvalue weighted by Crippen LogP contribution is -2.36. The van der Waals surface area contributed by atoms with Crippen LogP contribution in [0, 0.1) is 5.41 Å². The molecule has 0 aromatic rings. The molecular weight excluding hydrogens is 220 g/mol. The number of methoxy groups -OCH3 is 2. The molecule has 1 unspecified atom stereocenters. The topological polar surface area (TPSA) is 110 Å². The van der Waals surface area contributed by atoms with Crippen molar-refractivity contribution in [2.45, 2.75) is 6.10 Å². The van der Waals surface area contributed by atoms with Gasteiger partial charge in [0.15, 0.2) is 11.2 Å². The molecule has 4 N–H and O–H groups in total. The van der Waals surface area contributed by atoms with Crippen molar-refractivity contribution >= 4 is 35.2 Å². The molecule has 0 bridgehead atoms. The zero-order valence-electron chi connectivity index (χ0n) is 8.31. The van der Waals surface area contributed by atoms with Gasteiger partial charge in [0.2, 0.25) is 11.7 Å². The number of carbonyl (C=O) groups is 1. The van der Waals surface area contributed by atoms with E-state index in [1.54, 1.807) is 0 Å². The molecule has 0 aliphatic heterocycles. The Bertz CT molecular complexity index is 292. The average molecular weight is 232 g/mol. The van der Waals surface area contributed by atoms with Crippen LogP contribution in [0.1, 0.15) is 0 Å². The highest BCUT2D eigenvalue weighted by atomic mass is 32.1. The predicted octanol–water partition coefficient (Wildman–Crippen LogP) is -0.987. The molecule has 0 fully saturated rings. The van der Waals surface area contributed by atoms with Gasteiger partial charge in [0.25, 0.3) is 0 Å². The number of thiocarbonyl (C=S) groups is 1. The van der Waals surface area contributed by atoms with Crippen LogP contribution in [-0.2, 0) is 14.3 Å². The molecule has 0 aromatic carbocycles. The summed E-state index contributed by atoms with van der Waals surface area (Å²) in [6.45, 7) is 0. The number of hydrogen-bond acceptors (Lipinski definition) is 6. The number of nitrogens with two attached hydrogens (primary N) is 1. The van der Waals surface area contributed by atoms with Gasteiger partial charge in [-0.15, -0.1) is 5.10 Å². The third kappa shape index (κ3) is 4.47. The minimum absolute atomic E-state index is 0.0567. The van der Waals surface area contributed by atoms with Crippen LogP contribution in [0.4, 0.5) is 0 Å². The van der Waals surface area contributed by atoms with Crippen LogP contribution in [-0.4, -0.2) is 43.3 Å². The van der Waals surface area contributed by atoms with Gasteiger partial charge >= 0.3 is 0 Å². The molecule has 7 nitrogen and oxygen atoms in total. The van der Waals surface area contributed by atoms with E-state index in [9.17, 15) is 4.79 Å².